The van der Waals surface area contributed by atoms with E-state index in [0.29, 0.717) is 5.88 Å². The Morgan fingerprint density at radius 2 is 1.44 bits per heavy atom. The van der Waals surface area contributed by atoms with Gasteiger partial charge >= 0.3 is 0 Å². The largest absolute Gasteiger partial charge is 0.487 e. The fourth-order valence-corrected chi connectivity index (χ4v) is 1.75. The molecule has 2 aromatic rings. The van der Waals surface area contributed by atoms with Crippen LogP contribution < -0.4 is 4.74 Å². The third-order valence-electron chi connectivity index (χ3n) is 2.68. The van der Waals surface area contributed by atoms with Gasteiger partial charge in [-0.15, -0.1) is 11.6 Å². The molecule has 0 aliphatic heterocycles. The summed E-state index contributed by atoms with van der Waals surface area (Å²) in [5, 5.41) is 0. The van der Waals surface area contributed by atoms with Crippen molar-refractivity contribution in [2.24, 2.45) is 0 Å². The first-order chi connectivity index (χ1) is 8.61. The van der Waals surface area contributed by atoms with Crippen molar-refractivity contribution < 1.29 is 4.74 Å². The first kappa shape index (κ1) is 13.0. The Morgan fingerprint density at radius 3 is 2.00 bits per heavy atom. The molecule has 0 aliphatic carbocycles. The van der Waals surface area contributed by atoms with Crippen LogP contribution in [0.25, 0.3) is 11.1 Å². The van der Waals surface area contributed by atoms with Crippen molar-refractivity contribution in [1.82, 2.24) is 0 Å². The van der Waals surface area contributed by atoms with Gasteiger partial charge in [-0.05, 0) is 37.1 Å². The summed E-state index contributed by atoms with van der Waals surface area (Å²) >= 11 is 5.85. The van der Waals surface area contributed by atoms with Crippen LogP contribution in [0.5, 0.6) is 5.75 Å². The first-order valence-corrected chi connectivity index (χ1v) is 6.55. The van der Waals surface area contributed by atoms with Gasteiger partial charge in [0, 0.05) is 0 Å². The van der Waals surface area contributed by atoms with Crippen LogP contribution in [0.1, 0.15) is 13.8 Å². The summed E-state index contributed by atoms with van der Waals surface area (Å²) in [6, 6.07) is 18.4. The number of ether oxygens (including phenoxy) is 1. The summed E-state index contributed by atoms with van der Waals surface area (Å²) in [5.41, 5.74) is 2.06. The number of halogens is 1. The van der Waals surface area contributed by atoms with E-state index in [9.17, 15) is 0 Å². The Labute approximate surface area is 113 Å². The topological polar surface area (TPSA) is 9.23 Å². The molecule has 2 rings (SSSR count). The van der Waals surface area contributed by atoms with Crippen LogP contribution in [0.4, 0.5) is 0 Å². The van der Waals surface area contributed by atoms with Crippen molar-refractivity contribution in [3.8, 4) is 16.9 Å². The van der Waals surface area contributed by atoms with E-state index in [0.717, 1.165) is 5.75 Å². The van der Waals surface area contributed by atoms with Gasteiger partial charge in [0.2, 0.25) is 0 Å². The summed E-state index contributed by atoms with van der Waals surface area (Å²) in [5.74, 6) is 1.31. The van der Waals surface area contributed by atoms with E-state index in [1.807, 2.05) is 44.2 Å². The molecule has 2 heteroatoms. The average molecular weight is 261 g/mol. The molecule has 0 atom stereocenters. The second-order valence-electron chi connectivity index (χ2n) is 4.89. The van der Waals surface area contributed by atoms with Gasteiger partial charge in [-0.25, -0.2) is 0 Å². The minimum Gasteiger partial charge on any atom is -0.487 e. The fourth-order valence-electron chi connectivity index (χ4n) is 1.69. The minimum absolute atomic E-state index is 0.337. The zero-order valence-electron chi connectivity index (χ0n) is 10.7. The normalized spacial score (nSPS) is 11.3. The molecule has 0 saturated heterocycles. The zero-order chi connectivity index (χ0) is 13.0. The number of hydrogen-bond acceptors (Lipinski definition) is 1. The number of alkyl halides is 1. The predicted octanol–water partition coefficient (Wildman–Crippen LogP) is 4.75. The molecule has 94 valence electrons. The van der Waals surface area contributed by atoms with Crippen LogP contribution in [0.15, 0.2) is 54.6 Å². The number of benzene rings is 2. The highest BCUT2D eigenvalue weighted by Crippen LogP contribution is 2.24. The average Bonchev–Trinajstić information content (AvgIpc) is 2.40. The molecule has 0 fully saturated rings. The van der Waals surface area contributed by atoms with E-state index in [4.69, 9.17) is 16.3 Å². The number of rotatable bonds is 4. The van der Waals surface area contributed by atoms with Crippen molar-refractivity contribution in [3.05, 3.63) is 54.6 Å². The lowest BCUT2D eigenvalue weighted by molar-refractivity contribution is 0.134. The van der Waals surface area contributed by atoms with Crippen molar-refractivity contribution in [2.75, 3.05) is 5.88 Å². The summed E-state index contributed by atoms with van der Waals surface area (Å²) in [7, 11) is 0. The van der Waals surface area contributed by atoms with E-state index in [-0.39, 0.29) is 5.60 Å². The molecule has 0 bridgehead atoms. The molecule has 0 saturated carbocycles. The van der Waals surface area contributed by atoms with Crippen molar-refractivity contribution in [2.45, 2.75) is 19.4 Å². The van der Waals surface area contributed by atoms with Crippen LogP contribution in [-0.2, 0) is 0 Å². The Kier molecular flexibility index (Phi) is 3.93. The van der Waals surface area contributed by atoms with Crippen LogP contribution in [0.3, 0.4) is 0 Å². The lowest BCUT2D eigenvalue weighted by Crippen LogP contribution is -2.30. The van der Waals surface area contributed by atoms with Gasteiger partial charge in [-0.1, -0.05) is 42.5 Å². The quantitative estimate of drug-likeness (QED) is 0.721. The molecule has 1 nitrogen and oxygen atoms in total. The van der Waals surface area contributed by atoms with Gasteiger partial charge in [-0.2, -0.15) is 0 Å². The highest BCUT2D eigenvalue weighted by atomic mass is 35.5. The molecule has 0 heterocycles. The molecule has 0 aromatic heterocycles. The molecule has 2 aromatic carbocycles. The molecule has 18 heavy (non-hydrogen) atoms. The van der Waals surface area contributed by atoms with E-state index >= 15 is 0 Å². The van der Waals surface area contributed by atoms with Gasteiger partial charge in [-0.3, -0.25) is 0 Å². The maximum Gasteiger partial charge on any atom is 0.120 e. The van der Waals surface area contributed by atoms with Crippen LogP contribution in [-0.4, -0.2) is 11.5 Å². The standard InChI is InChI=1S/C16H17ClO/c1-16(2,12-17)18-15-10-8-14(9-11-15)13-6-4-3-5-7-13/h3-11H,12H2,1-2H3. The summed E-state index contributed by atoms with van der Waals surface area (Å²) in [6.45, 7) is 3.95. The lowest BCUT2D eigenvalue weighted by Gasteiger charge is -2.23. The molecule has 0 unspecified atom stereocenters. The van der Waals surface area contributed by atoms with E-state index < -0.39 is 0 Å². The molecular formula is C16H17ClO. The monoisotopic (exact) mass is 260 g/mol. The van der Waals surface area contributed by atoms with Crippen LogP contribution in [0, 0.1) is 0 Å². The van der Waals surface area contributed by atoms with E-state index in [1.165, 1.54) is 11.1 Å². The Bertz CT molecular complexity index is 488. The fraction of sp³-hybridized carbons (Fsp3) is 0.250. The summed E-state index contributed by atoms with van der Waals surface area (Å²) < 4.78 is 5.81. The number of hydrogen-bond donors (Lipinski definition) is 0. The van der Waals surface area contributed by atoms with Crippen molar-refractivity contribution in [3.63, 3.8) is 0 Å². The first-order valence-electron chi connectivity index (χ1n) is 6.01. The van der Waals surface area contributed by atoms with Crippen molar-refractivity contribution in [1.29, 1.82) is 0 Å². The van der Waals surface area contributed by atoms with Gasteiger partial charge in [0.15, 0.2) is 0 Å². The lowest BCUT2D eigenvalue weighted by atomic mass is 10.1. The molecular weight excluding hydrogens is 244 g/mol. The Balaban J connectivity index is 2.16. The van der Waals surface area contributed by atoms with Crippen molar-refractivity contribution >= 4 is 11.6 Å². The Morgan fingerprint density at radius 1 is 0.889 bits per heavy atom. The highest BCUT2D eigenvalue weighted by Gasteiger charge is 2.17. The molecule has 0 spiro atoms. The Hall–Kier alpha value is -1.47. The second-order valence-corrected chi connectivity index (χ2v) is 5.15. The highest BCUT2D eigenvalue weighted by molar-refractivity contribution is 6.18. The predicted molar refractivity (Wildman–Crippen MR) is 77.3 cm³/mol. The van der Waals surface area contributed by atoms with Gasteiger partial charge < -0.3 is 4.74 Å². The van der Waals surface area contributed by atoms with Gasteiger partial charge in [0.25, 0.3) is 0 Å². The minimum atomic E-state index is -0.337. The maximum atomic E-state index is 5.85. The van der Waals surface area contributed by atoms with Gasteiger partial charge in [0.1, 0.15) is 11.4 Å². The van der Waals surface area contributed by atoms with E-state index in [1.54, 1.807) is 0 Å². The summed E-state index contributed by atoms with van der Waals surface area (Å²) in [4.78, 5) is 0. The molecule has 0 N–H and O–H groups in total. The molecule has 0 radical (unpaired) electrons. The maximum absolute atomic E-state index is 5.85. The van der Waals surface area contributed by atoms with Crippen LogP contribution >= 0.6 is 11.6 Å². The smallest absolute Gasteiger partial charge is 0.120 e. The molecule has 0 aliphatic rings. The zero-order valence-corrected chi connectivity index (χ0v) is 11.4. The third kappa shape index (κ3) is 3.27. The summed E-state index contributed by atoms with van der Waals surface area (Å²) in [6.07, 6.45) is 0. The second kappa shape index (κ2) is 5.45. The molecule has 0 amide bonds. The SMILES string of the molecule is CC(C)(CCl)Oc1ccc(-c2ccccc2)cc1. The third-order valence-corrected chi connectivity index (χ3v) is 3.32. The van der Waals surface area contributed by atoms with Crippen LogP contribution in [0.2, 0.25) is 0 Å². The van der Waals surface area contributed by atoms with E-state index in [2.05, 4.69) is 24.3 Å². The van der Waals surface area contributed by atoms with Gasteiger partial charge in [0.05, 0.1) is 5.88 Å².